The van der Waals surface area contributed by atoms with Crippen molar-refractivity contribution in [1.29, 1.82) is 0 Å². The second-order valence-electron chi connectivity index (χ2n) is 23.5. The monoisotopic (exact) mass is 1150 g/mol. The molecular formula is C71H127NO10. The summed E-state index contributed by atoms with van der Waals surface area (Å²) in [5, 5.41) is 54.2. The molecule has 6 N–H and O–H groups in total. The Kier molecular flexibility index (Phi) is 56.2. The molecule has 476 valence electrons. The van der Waals surface area contributed by atoms with E-state index in [1.165, 1.54) is 193 Å². The number of carbonyl (C=O) groups excluding carboxylic acids is 2. The number of ether oxygens (including phenoxy) is 3. The number of hydrogen-bond acceptors (Lipinski definition) is 10. The van der Waals surface area contributed by atoms with Gasteiger partial charge in [-0.15, -0.1) is 0 Å². The molecule has 7 atom stereocenters. The van der Waals surface area contributed by atoms with E-state index < -0.39 is 49.5 Å². The molecule has 0 aromatic rings. The minimum atomic E-state index is -1.58. The Labute approximate surface area is 502 Å². The number of amides is 1. The highest BCUT2D eigenvalue weighted by molar-refractivity contribution is 5.76. The average molecular weight is 1150 g/mol. The zero-order valence-corrected chi connectivity index (χ0v) is 52.7. The van der Waals surface area contributed by atoms with E-state index >= 15 is 0 Å². The molecule has 11 nitrogen and oxygen atoms in total. The number of nitrogens with one attached hydrogen (secondary N) is 1. The van der Waals surface area contributed by atoms with E-state index in [0.29, 0.717) is 19.4 Å². The second kappa shape index (κ2) is 59.8. The molecule has 0 bridgehead atoms. The molecule has 0 saturated carbocycles. The zero-order valence-electron chi connectivity index (χ0n) is 52.7. The maximum Gasteiger partial charge on any atom is 0.305 e. The van der Waals surface area contributed by atoms with Crippen LogP contribution in [-0.2, 0) is 23.8 Å². The summed E-state index contributed by atoms with van der Waals surface area (Å²) in [6.07, 6.45) is 70.4. The summed E-state index contributed by atoms with van der Waals surface area (Å²) < 4.78 is 16.7. The molecule has 0 aliphatic carbocycles. The third-order valence-corrected chi connectivity index (χ3v) is 15.8. The van der Waals surface area contributed by atoms with E-state index in [2.05, 4.69) is 79.9 Å². The van der Waals surface area contributed by atoms with Crippen LogP contribution in [0.15, 0.2) is 72.9 Å². The summed E-state index contributed by atoms with van der Waals surface area (Å²) in [6, 6.07) is -0.830. The van der Waals surface area contributed by atoms with Gasteiger partial charge in [-0.3, -0.25) is 9.59 Å². The van der Waals surface area contributed by atoms with Crippen molar-refractivity contribution < 1.29 is 49.3 Å². The summed E-state index contributed by atoms with van der Waals surface area (Å²) >= 11 is 0. The van der Waals surface area contributed by atoms with Crippen molar-refractivity contribution in [3.8, 4) is 0 Å². The van der Waals surface area contributed by atoms with Crippen LogP contribution in [-0.4, -0.2) is 100 Å². The van der Waals surface area contributed by atoms with Crippen molar-refractivity contribution in [3.05, 3.63) is 72.9 Å². The fourth-order valence-corrected chi connectivity index (χ4v) is 10.3. The fraction of sp³-hybridized carbons (Fsp3) is 0.803. The van der Waals surface area contributed by atoms with Crippen LogP contribution < -0.4 is 5.32 Å². The first-order valence-electron chi connectivity index (χ1n) is 34.2. The minimum Gasteiger partial charge on any atom is -0.466 e. The normalized spacial score (nSPS) is 18.6. The molecule has 7 unspecified atom stereocenters. The molecule has 0 aromatic carbocycles. The van der Waals surface area contributed by atoms with E-state index in [4.69, 9.17) is 14.2 Å². The Bertz CT molecular complexity index is 1590. The summed E-state index contributed by atoms with van der Waals surface area (Å²) in [4.78, 5) is 25.1. The van der Waals surface area contributed by atoms with Gasteiger partial charge in [0, 0.05) is 12.8 Å². The number of carbonyl (C=O) groups is 2. The van der Waals surface area contributed by atoms with Crippen molar-refractivity contribution in [2.45, 2.75) is 346 Å². The second-order valence-corrected chi connectivity index (χ2v) is 23.5. The molecule has 1 fully saturated rings. The molecule has 0 spiro atoms. The summed E-state index contributed by atoms with van der Waals surface area (Å²) in [6.45, 7) is 4.26. The summed E-state index contributed by atoms with van der Waals surface area (Å²) in [5.41, 5.74) is 0. The predicted octanol–water partition coefficient (Wildman–Crippen LogP) is 17.1. The Morgan fingerprint density at radius 1 is 0.451 bits per heavy atom. The average Bonchev–Trinajstić information content (AvgIpc) is 3.48. The lowest BCUT2D eigenvalue weighted by Crippen LogP contribution is -2.60. The third kappa shape index (κ3) is 48.3. The molecule has 82 heavy (non-hydrogen) atoms. The van der Waals surface area contributed by atoms with Crippen LogP contribution in [0.25, 0.3) is 0 Å². The Morgan fingerprint density at radius 2 is 0.829 bits per heavy atom. The van der Waals surface area contributed by atoms with Gasteiger partial charge < -0.3 is 45.1 Å². The molecule has 11 heteroatoms. The van der Waals surface area contributed by atoms with E-state index in [1.54, 1.807) is 6.08 Å². The Hall–Kier alpha value is -2.90. The number of esters is 1. The van der Waals surface area contributed by atoms with Crippen molar-refractivity contribution in [2.75, 3.05) is 19.8 Å². The van der Waals surface area contributed by atoms with Crippen molar-refractivity contribution in [2.24, 2.45) is 0 Å². The van der Waals surface area contributed by atoms with Crippen LogP contribution in [0.2, 0.25) is 0 Å². The predicted molar refractivity (Wildman–Crippen MR) is 343 cm³/mol. The molecule has 1 heterocycles. The van der Waals surface area contributed by atoms with Gasteiger partial charge in [-0.05, 0) is 109 Å². The molecule has 1 saturated heterocycles. The molecule has 1 aliphatic rings. The van der Waals surface area contributed by atoms with Gasteiger partial charge in [0.15, 0.2) is 6.29 Å². The number of rotatable bonds is 59. The summed E-state index contributed by atoms with van der Waals surface area (Å²) in [7, 11) is 0. The lowest BCUT2D eigenvalue weighted by atomic mass is 9.99. The topological polar surface area (TPSA) is 175 Å². The first-order valence-corrected chi connectivity index (χ1v) is 34.2. The first kappa shape index (κ1) is 77.1. The van der Waals surface area contributed by atoms with Crippen LogP contribution >= 0.6 is 0 Å². The third-order valence-electron chi connectivity index (χ3n) is 15.8. The SMILES string of the molecule is CCCCC/C=C/CC/C=C/C(O)C(COC1OC(CO)C(O)C(O)C1O)NC(=O)CCCCCCCCCCCCC/C=C\C/C=C\CCCCCCCCCCCOC(=O)CCCCCCCCC/C=C\C/C=C\CCCCCC. The largest absolute Gasteiger partial charge is 0.466 e. The van der Waals surface area contributed by atoms with Crippen molar-refractivity contribution in [1.82, 2.24) is 5.32 Å². The standard InChI is InChI=1S/C71H127NO10/c1-3-5-7-9-11-13-14-15-16-17-30-33-36-39-43-47-51-55-59-67(76)80-60-56-52-48-44-40-37-34-31-28-26-24-22-20-18-19-21-23-25-27-29-32-35-38-42-46-50-54-58-66(75)72-63(64(74)57-53-49-45-41-12-10-8-6-4-2)62-81-71-70(79)69(78)68(77)65(61-73)82-71/h12-14,16-19,22,24,41,53,57,63-65,68-71,73-74,77-79H,3-11,15,20-21,23,25-40,42-52,54-56,58-62H2,1-2H3,(H,72,75)/b14-13-,17-16-,19-18-,24-22-,41-12+,57-53+. The number of allylic oxidation sites excluding steroid dienone is 11. The van der Waals surface area contributed by atoms with Crippen molar-refractivity contribution >= 4 is 11.9 Å². The first-order chi connectivity index (χ1) is 40.2. The maximum absolute atomic E-state index is 13.0. The van der Waals surface area contributed by atoms with Crippen LogP contribution in [0.4, 0.5) is 0 Å². The van der Waals surface area contributed by atoms with E-state index in [9.17, 15) is 35.1 Å². The quantitative estimate of drug-likeness (QED) is 0.0195. The lowest BCUT2D eigenvalue weighted by molar-refractivity contribution is -0.302. The van der Waals surface area contributed by atoms with Gasteiger partial charge in [0.25, 0.3) is 0 Å². The van der Waals surface area contributed by atoms with E-state index in [-0.39, 0.29) is 18.5 Å². The smallest absolute Gasteiger partial charge is 0.305 e. The van der Waals surface area contributed by atoms with Crippen LogP contribution in [0.1, 0.15) is 303 Å². The highest BCUT2D eigenvalue weighted by Gasteiger charge is 2.44. The molecule has 1 aliphatic heterocycles. The van der Waals surface area contributed by atoms with Gasteiger partial charge in [-0.25, -0.2) is 0 Å². The lowest BCUT2D eigenvalue weighted by Gasteiger charge is -2.40. The molecule has 1 amide bonds. The van der Waals surface area contributed by atoms with Crippen LogP contribution in [0.3, 0.4) is 0 Å². The molecule has 0 aromatic heterocycles. The number of aliphatic hydroxyl groups excluding tert-OH is 5. The summed E-state index contributed by atoms with van der Waals surface area (Å²) in [5.74, 6) is -0.206. The van der Waals surface area contributed by atoms with Gasteiger partial charge in [0.05, 0.1) is 32.0 Å². The van der Waals surface area contributed by atoms with Gasteiger partial charge >= 0.3 is 5.97 Å². The van der Waals surface area contributed by atoms with Gasteiger partial charge in [-0.2, -0.15) is 0 Å². The Balaban J connectivity index is 1.95. The van der Waals surface area contributed by atoms with Crippen LogP contribution in [0, 0.1) is 0 Å². The highest BCUT2D eigenvalue weighted by Crippen LogP contribution is 2.23. The maximum atomic E-state index is 13.0. The minimum absolute atomic E-state index is 0.00726. The number of aliphatic hydroxyl groups is 5. The molecule has 0 radical (unpaired) electrons. The van der Waals surface area contributed by atoms with Crippen molar-refractivity contribution in [3.63, 3.8) is 0 Å². The van der Waals surface area contributed by atoms with E-state index in [1.807, 2.05) is 6.08 Å². The fourth-order valence-electron chi connectivity index (χ4n) is 10.3. The van der Waals surface area contributed by atoms with Gasteiger partial charge in [-0.1, -0.05) is 254 Å². The number of unbranched alkanes of at least 4 members (excludes halogenated alkanes) is 35. The van der Waals surface area contributed by atoms with Gasteiger partial charge in [0.1, 0.15) is 24.4 Å². The molecule has 1 rings (SSSR count). The van der Waals surface area contributed by atoms with Gasteiger partial charge in [0.2, 0.25) is 5.91 Å². The number of hydrogen-bond donors (Lipinski definition) is 6. The Morgan fingerprint density at radius 3 is 1.30 bits per heavy atom. The molecular weight excluding hydrogens is 1030 g/mol. The van der Waals surface area contributed by atoms with E-state index in [0.717, 1.165) is 83.5 Å². The highest BCUT2D eigenvalue weighted by atomic mass is 16.7. The zero-order chi connectivity index (χ0) is 59.5. The van der Waals surface area contributed by atoms with Crippen LogP contribution in [0.5, 0.6) is 0 Å².